The Balaban J connectivity index is 2.14. The summed E-state index contributed by atoms with van der Waals surface area (Å²) in [5.74, 6) is 0.488. The van der Waals surface area contributed by atoms with Crippen molar-refractivity contribution in [2.24, 2.45) is 0 Å². The predicted molar refractivity (Wildman–Crippen MR) is 51.4 cm³/mol. The highest BCUT2D eigenvalue weighted by Crippen LogP contribution is 2.14. The number of ether oxygens (including phenoxy) is 2. The second kappa shape index (κ2) is 3.96. The molecule has 0 spiro atoms. The lowest BCUT2D eigenvalue weighted by Crippen LogP contribution is -2.14. The summed E-state index contributed by atoms with van der Waals surface area (Å²) in [6.07, 6.45) is 10.6. The molecule has 2 heterocycles. The molecule has 0 amide bonds. The van der Waals surface area contributed by atoms with Crippen LogP contribution in [-0.2, 0) is 14.3 Å². The SMILES string of the molecule is O=C(C1=CC=CCO1)C1=CC=CCO1. The van der Waals surface area contributed by atoms with Crippen molar-refractivity contribution in [2.75, 3.05) is 13.2 Å². The lowest BCUT2D eigenvalue weighted by atomic mass is 10.2. The topological polar surface area (TPSA) is 35.5 Å². The summed E-state index contributed by atoms with van der Waals surface area (Å²) in [5.41, 5.74) is 0. The van der Waals surface area contributed by atoms with E-state index in [1.807, 2.05) is 12.2 Å². The van der Waals surface area contributed by atoms with E-state index in [-0.39, 0.29) is 5.78 Å². The third-order valence-electron chi connectivity index (χ3n) is 1.89. The van der Waals surface area contributed by atoms with Gasteiger partial charge < -0.3 is 9.47 Å². The molecule has 0 saturated carbocycles. The van der Waals surface area contributed by atoms with E-state index in [4.69, 9.17) is 9.47 Å². The van der Waals surface area contributed by atoms with Crippen molar-refractivity contribution in [3.05, 3.63) is 48.0 Å². The summed E-state index contributed by atoms with van der Waals surface area (Å²) >= 11 is 0. The number of hydrogen-bond donors (Lipinski definition) is 0. The minimum absolute atomic E-state index is 0.196. The first-order valence-electron chi connectivity index (χ1n) is 4.42. The minimum atomic E-state index is -0.196. The quantitative estimate of drug-likeness (QED) is 0.661. The summed E-state index contributed by atoms with van der Waals surface area (Å²) in [6.45, 7) is 0.890. The van der Waals surface area contributed by atoms with E-state index >= 15 is 0 Å². The van der Waals surface area contributed by atoms with E-state index in [9.17, 15) is 4.79 Å². The summed E-state index contributed by atoms with van der Waals surface area (Å²) in [6, 6.07) is 0. The molecule has 2 aliphatic rings. The van der Waals surface area contributed by atoms with Crippen molar-refractivity contribution >= 4 is 5.78 Å². The zero-order valence-electron chi connectivity index (χ0n) is 7.60. The molecule has 0 aromatic rings. The predicted octanol–water partition coefficient (Wildman–Crippen LogP) is 1.50. The van der Waals surface area contributed by atoms with Gasteiger partial charge in [0.15, 0.2) is 11.5 Å². The van der Waals surface area contributed by atoms with Gasteiger partial charge in [0.25, 0.3) is 5.78 Å². The van der Waals surface area contributed by atoms with Crippen molar-refractivity contribution in [3.63, 3.8) is 0 Å². The molecular formula is C11H10O3. The van der Waals surface area contributed by atoms with Crippen molar-refractivity contribution in [1.82, 2.24) is 0 Å². The number of carbonyl (C=O) groups excluding carboxylic acids is 1. The van der Waals surface area contributed by atoms with Crippen LogP contribution in [0.25, 0.3) is 0 Å². The first kappa shape index (κ1) is 8.81. The molecule has 0 aromatic heterocycles. The Hall–Kier alpha value is -1.77. The molecule has 0 fully saturated rings. The molecular weight excluding hydrogens is 180 g/mol. The molecule has 2 aliphatic heterocycles. The molecule has 2 rings (SSSR count). The Bertz CT molecular complexity index is 325. The van der Waals surface area contributed by atoms with Gasteiger partial charge in [-0.25, -0.2) is 0 Å². The Kier molecular flexibility index (Phi) is 2.49. The average molecular weight is 190 g/mol. The zero-order chi connectivity index (χ0) is 9.80. The molecule has 0 radical (unpaired) electrons. The van der Waals surface area contributed by atoms with E-state index in [0.717, 1.165) is 0 Å². The molecule has 14 heavy (non-hydrogen) atoms. The highest BCUT2D eigenvalue weighted by atomic mass is 16.5. The Morgan fingerprint density at radius 3 is 1.86 bits per heavy atom. The fraction of sp³-hybridized carbons (Fsp3) is 0.182. The van der Waals surface area contributed by atoms with E-state index in [1.165, 1.54) is 0 Å². The fourth-order valence-corrected chi connectivity index (χ4v) is 1.20. The van der Waals surface area contributed by atoms with E-state index in [0.29, 0.717) is 24.7 Å². The molecule has 0 unspecified atom stereocenters. The highest BCUT2D eigenvalue weighted by molar-refractivity contribution is 6.05. The second-order valence-electron chi connectivity index (χ2n) is 2.87. The van der Waals surface area contributed by atoms with Gasteiger partial charge in [-0.05, 0) is 24.3 Å². The Morgan fingerprint density at radius 2 is 1.50 bits per heavy atom. The Labute approximate surface area is 82.0 Å². The van der Waals surface area contributed by atoms with Crippen LogP contribution in [0.5, 0.6) is 0 Å². The normalized spacial score (nSPS) is 19.1. The molecule has 0 saturated heterocycles. The van der Waals surface area contributed by atoms with E-state index in [2.05, 4.69) is 0 Å². The second-order valence-corrected chi connectivity index (χ2v) is 2.87. The maximum Gasteiger partial charge on any atom is 0.262 e. The third-order valence-corrected chi connectivity index (χ3v) is 1.89. The van der Waals surface area contributed by atoms with Crippen LogP contribution >= 0.6 is 0 Å². The fourth-order valence-electron chi connectivity index (χ4n) is 1.20. The van der Waals surface area contributed by atoms with Crippen molar-refractivity contribution in [2.45, 2.75) is 0 Å². The van der Waals surface area contributed by atoms with Gasteiger partial charge in [-0.15, -0.1) is 0 Å². The summed E-state index contributed by atoms with van der Waals surface area (Å²) < 4.78 is 10.3. The van der Waals surface area contributed by atoms with Crippen LogP contribution in [0.2, 0.25) is 0 Å². The van der Waals surface area contributed by atoms with Crippen LogP contribution in [0.15, 0.2) is 48.0 Å². The number of rotatable bonds is 2. The van der Waals surface area contributed by atoms with E-state index < -0.39 is 0 Å². The number of carbonyl (C=O) groups is 1. The summed E-state index contributed by atoms with van der Waals surface area (Å²) in [7, 11) is 0. The largest absolute Gasteiger partial charge is 0.485 e. The number of Topliss-reactive ketones (excluding diaryl/α,β-unsaturated/α-hetero) is 1. The first-order chi connectivity index (χ1) is 6.88. The molecule has 0 bridgehead atoms. The summed E-state index contributed by atoms with van der Waals surface area (Å²) in [5, 5.41) is 0. The van der Waals surface area contributed by atoms with Crippen LogP contribution in [0.4, 0.5) is 0 Å². The molecule has 3 heteroatoms. The van der Waals surface area contributed by atoms with Gasteiger partial charge in [0, 0.05) is 0 Å². The Morgan fingerprint density at radius 1 is 1.00 bits per heavy atom. The van der Waals surface area contributed by atoms with Gasteiger partial charge in [-0.3, -0.25) is 4.79 Å². The lowest BCUT2D eigenvalue weighted by molar-refractivity contribution is -0.118. The van der Waals surface area contributed by atoms with Crippen LogP contribution in [-0.4, -0.2) is 19.0 Å². The van der Waals surface area contributed by atoms with Crippen LogP contribution in [0.1, 0.15) is 0 Å². The molecule has 3 nitrogen and oxygen atoms in total. The van der Waals surface area contributed by atoms with Gasteiger partial charge in [-0.2, -0.15) is 0 Å². The first-order valence-corrected chi connectivity index (χ1v) is 4.42. The van der Waals surface area contributed by atoms with Gasteiger partial charge in [-0.1, -0.05) is 12.2 Å². The van der Waals surface area contributed by atoms with E-state index in [1.54, 1.807) is 24.3 Å². The third kappa shape index (κ3) is 1.76. The smallest absolute Gasteiger partial charge is 0.262 e. The van der Waals surface area contributed by atoms with Crippen molar-refractivity contribution in [1.29, 1.82) is 0 Å². The van der Waals surface area contributed by atoms with Gasteiger partial charge in [0.1, 0.15) is 13.2 Å². The monoisotopic (exact) mass is 190 g/mol. The average Bonchev–Trinajstić information content (AvgIpc) is 2.30. The maximum absolute atomic E-state index is 11.7. The van der Waals surface area contributed by atoms with Crippen LogP contribution in [0.3, 0.4) is 0 Å². The molecule has 0 N–H and O–H groups in total. The van der Waals surface area contributed by atoms with Crippen LogP contribution in [0, 0.1) is 0 Å². The van der Waals surface area contributed by atoms with Gasteiger partial charge in [0.05, 0.1) is 0 Å². The molecule has 0 aromatic carbocycles. The molecule has 0 aliphatic carbocycles. The van der Waals surface area contributed by atoms with Gasteiger partial charge >= 0.3 is 0 Å². The van der Waals surface area contributed by atoms with Crippen LogP contribution < -0.4 is 0 Å². The zero-order valence-corrected chi connectivity index (χ0v) is 7.60. The molecule has 0 atom stereocenters. The highest BCUT2D eigenvalue weighted by Gasteiger charge is 2.18. The number of ketones is 1. The number of allylic oxidation sites excluding steroid dienone is 4. The minimum Gasteiger partial charge on any atom is -0.485 e. The number of hydrogen-bond acceptors (Lipinski definition) is 3. The van der Waals surface area contributed by atoms with Gasteiger partial charge in [0.2, 0.25) is 0 Å². The molecule has 72 valence electrons. The van der Waals surface area contributed by atoms with Crippen molar-refractivity contribution < 1.29 is 14.3 Å². The lowest BCUT2D eigenvalue weighted by Gasteiger charge is -2.13. The summed E-state index contributed by atoms with van der Waals surface area (Å²) in [4.78, 5) is 11.7. The standard InChI is InChI=1S/C11H10O3/c12-11(9-5-1-3-7-13-9)10-6-2-4-8-14-10/h1-6H,7-8H2. The maximum atomic E-state index is 11.7. The van der Waals surface area contributed by atoms with Crippen molar-refractivity contribution in [3.8, 4) is 0 Å².